The first-order valence-corrected chi connectivity index (χ1v) is 8.80. The number of ether oxygens (including phenoxy) is 2. The van der Waals surface area contributed by atoms with Gasteiger partial charge < -0.3 is 19.3 Å². The molecule has 0 N–H and O–H groups in total. The first kappa shape index (κ1) is 17.1. The monoisotopic (exact) mass is 369 g/mol. The van der Waals surface area contributed by atoms with Crippen molar-refractivity contribution in [2.75, 3.05) is 44.3 Å². The van der Waals surface area contributed by atoms with Gasteiger partial charge in [0.15, 0.2) is 11.5 Å². The Morgan fingerprint density at radius 1 is 0.926 bits per heavy atom. The topological polar surface area (TPSA) is 85.2 Å². The predicted molar refractivity (Wildman–Crippen MR) is 98.6 cm³/mol. The molecule has 1 amide bonds. The second-order valence-corrected chi connectivity index (χ2v) is 6.41. The largest absolute Gasteiger partial charge is 0.486 e. The molecule has 8 nitrogen and oxygen atoms in total. The zero-order chi connectivity index (χ0) is 18.8. The SMILES string of the molecule is O=C(c1ccc([N+](=O)[O-])cc1)N1CCN(c2ccc3c(c2)OCCO3)CC1. The molecule has 8 heteroatoms. The third kappa shape index (κ3) is 3.51. The number of carbonyl (C=O) groups excluding carboxylic acids is 1. The molecule has 27 heavy (non-hydrogen) atoms. The average Bonchev–Trinajstić information content (AvgIpc) is 2.73. The second kappa shape index (κ2) is 7.14. The highest BCUT2D eigenvalue weighted by Gasteiger charge is 2.24. The lowest BCUT2D eigenvalue weighted by Gasteiger charge is -2.36. The van der Waals surface area contributed by atoms with Crippen LogP contribution >= 0.6 is 0 Å². The van der Waals surface area contributed by atoms with E-state index in [1.165, 1.54) is 24.3 Å². The Labute approximate surface area is 156 Å². The summed E-state index contributed by atoms with van der Waals surface area (Å²) >= 11 is 0. The number of non-ortho nitro benzene ring substituents is 1. The summed E-state index contributed by atoms with van der Waals surface area (Å²) in [6.45, 7) is 3.70. The summed E-state index contributed by atoms with van der Waals surface area (Å²) in [7, 11) is 0. The number of hydrogen-bond donors (Lipinski definition) is 0. The number of carbonyl (C=O) groups is 1. The fourth-order valence-electron chi connectivity index (χ4n) is 3.30. The second-order valence-electron chi connectivity index (χ2n) is 6.41. The number of benzene rings is 2. The molecule has 1 saturated heterocycles. The molecule has 0 unspecified atom stereocenters. The Bertz CT molecular complexity index is 860. The number of piperazine rings is 1. The summed E-state index contributed by atoms with van der Waals surface area (Å²) < 4.78 is 11.2. The van der Waals surface area contributed by atoms with Crippen molar-refractivity contribution in [3.63, 3.8) is 0 Å². The van der Waals surface area contributed by atoms with Crippen molar-refractivity contribution in [3.05, 3.63) is 58.1 Å². The van der Waals surface area contributed by atoms with Crippen molar-refractivity contribution in [1.82, 2.24) is 4.90 Å². The molecule has 0 aliphatic carbocycles. The number of nitrogens with zero attached hydrogens (tertiary/aromatic N) is 3. The summed E-state index contributed by atoms with van der Waals surface area (Å²) in [4.78, 5) is 26.9. The number of nitro benzene ring substituents is 1. The zero-order valence-electron chi connectivity index (χ0n) is 14.7. The summed E-state index contributed by atoms with van der Waals surface area (Å²) in [6.07, 6.45) is 0. The highest BCUT2D eigenvalue weighted by atomic mass is 16.6. The number of nitro groups is 1. The molecule has 1 fully saturated rings. The lowest BCUT2D eigenvalue weighted by molar-refractivity contribution is -0.384. The van der Waals surface area contributed by atoms with E-state index in [1.807, 2.05) is 18.2 Å². The van der Waals surface area contributed by atoms with Crippen molar-refractivity contribution in [1.29, 1.82) is 0 Å². The Balaban J connectivity index is 1.39. The van der Waals surface area contributed by atoms with Crippen LogP contribution in [0.15, 0.2) is 42.5 Å². The molecular weight excluding hydrogens is 350 g/mol. The standard InChI is InChI=1S/C19H19N3O5/c23-19(14-1-3-15(4-2-14)22(24)25)21-9-7-20(8-10-21)16-5-6-17-18(13-16)27-12-11-26-17/h1-6,13H,7-12H2. The molecule has 0 atom stereocenters. The number of hydrogen-bond acceptors (Lipinski definition) is 6. The molecule has 0 bridgehead atoms. The normalized spacial score (nSPS) is 16.1. The van der Waals surface area contributed by atoms with E-state index in [0.717, 1.165) is 17.2 Å². The van der Waals surface area contributed by atoms with Crippen molar-refractivity contribution in [2.45, 2.75) is 0 Å². The van der Waals surface area contributed by atoms with E-state index < -0.39 is 4.92 Å². The van der Waals surface area contributed by atoms with Crippen LogP contribution in [0.25, 0.3) is 0 Å². The van der Waals surface area contributed by atoms with E-state index in [0.29, 0.717) is 45.0 Å². The lowest BCUT2D eigenvalue weighted by atomic mass is 10.1. The van der Waals surface area contributed by atoms with Gasteiger partial charge in [-0.1, -0.05) is 0 Å². The first-order valence-electron chi connectivity index (χ1n) is 8.80. The minimum Gasteiger partial charge on any atom is -0.486 e. The van der Waals surface area contributed by atoms with Gasteiger partial charge in [-0.25, -0.2) is 0 Å². The maximum Gasteiger partial charge on any atom is 0.269 e. The van der Waals surface area contributed by atoms with Gasteiger partial charge >= 0.3 is 0 Å². The van der Waals surface area contributed by atoms with Gasteiger partial charge in [0.25, 0.3) is 11.6 Å². The number of anilines is 1. The molecule has 2 aliphatic heterocycles. The van der Waals surface area contributed by atoms with Crippen LogP contribution in [-0.4, -0.2) is 55.1 Å². The van der Waals surface area contributed by atoms with E-state index in [-0.39, 0.29) is 11.6 Å². The molecule has 0 spiro atoms. The van der Waals surface area contributed by atoms with Crippen LogP contribution in [0, 0.1) is 10.1 Å². The predicted octanol–water partition coefficient (Wildman–Crippen LogP) is 2.33. The van der Waals surface area contributed by atoms with Crippen LogP contribution in [0.2, 0.25) is 0 Å². The van der Waals surface area contributed by atoms with E-state index in [2.05, 4.69) is 4.90 Å². The maximum atomic E-state index is 12.6. The molecule has 2 aromatic rings. The zero-order valence-corrected chi connectivity index (χ0v) is 14.7. The fourth-order valence-corrected chi connectivity index (χ4v) is 3.30. The van der Waals surface area contributed by atoms with Crippen LogP contribution in [0.4, 0.5) is 11.4 Å². The summed E-state index contributed by atoms with van der Waals surface area (Å²) in [5.41, 5.74) is 1.49. The maximum absolute atomic E-state index is 12.6. The van der Waals surface area contributed by atoms with Crippen LogP contribution in [-0.2, 0) is 0 Å². The van der Waals surface area contributed by atoms with Gasteiger partial charge in [0, 0.05) is 55.6 Å². The van der Waals surface area contributed by atoms with Gasteiger partial charge in [-0.05, 0) is 24.3 Å². The Morgan fingerprint density at radius 3 is 2.26 bits per heavy atom. The number of rotatable bonds is 3. The minimum atomic E-state index is -0.472. The molecule has 4 rings (SSSR count). The van der Waals surface area contributed by atoms with E-state index >= 15 is 0 Å². The van der Waals surface area contributed by atoms with E-state index in [9.17, 15) is 14.9 Å². The first-order chi connectivity index (χ1) is 13.1. The van der Waals surface area contributed by atoms with Crippen molar-refractivity contribution < 1.29 is 19.2 Å². The van der Waals surface area contributed by atoms with Crippen molar-refractivity contribution in [3.8, 4) is 11.5 Å². The number of fused-ring (bicyclic) bond motifs is 1. The average molecular weight is 369 g/mol. The van der Waals surface area contributed by atoms with Crippen LogP contribution in [0.5, 0.6) is 11.5 Å². The van der Waals surface area contributed by atoms with Crippen LogP contribution in [0.1, 0.15) is 10.4 Å². The van der Waals surface area contributed by atoms with Crippen LogP contribution in [0.3, 0.4) is 0 Å². The quantitative estimate of drug-likeness (QED) is 0.610. The smallest absolute Gasteiger partial charge is 0.269 e. The Kier molecular flexibility index (Phi) is 4.53. The number of amides is 1. The van der Waals surface area contributed by atoms with Gasteiger partial charge in [-0.2, -0.15) is 0 Å². The van der Waals surface area contributed by atoms with Gasteiger partial charge in [-0.3, -0.25) is 14.9 Å². The molecule has 2 heterocycles. The Morgan fingerprint density at radius 2 is 1.59 bits per heavy atom. The van der Waals surface area contributed by atoms with Gasteiger partial charge in [-0.15, -0.1) is 0 Å². The highest BCUT2D eigenvalue weighted by molar-refractivity contribution is 5.94. The third-order valence-electron chi connectivity index (χ3n) is 4.78. The molecule has 0 saturated carbocycles. The van der Waals surface area contributed by atoms with E-state index in [1.54, 1.807) is 4.90 Å². The van der Waals surface area contributed by atoms with Gasteiger partial charge in [0.05, 0.1) is 4.92 Å². The molecular formula is C19H19N3O5. The van der Waals surface area contributed by atoms with Gasteiger partial charge in [0.1, 0.15) is 13.2 Å². The van der Waals surface area contributed by atoms with Crippen molar-refractivity contribution in [2.24, 2.45) is 0 Å². The molecule has 2 aliphatic rings. The summed E-state index contributed by atoms with van der Waals surface area (Å²) in [5.74, 6) is 1.41. The molecule has 0 aromatic heterocycles. The van der Waals surface area contributed by atoms with Gasteiger partial charge in [0.2, 0.25) is 0 Å². The Hall–Kier alpha value is -3.29. The van der Waals surface area contributed by atoms with E-state index in [4.69, 9.17) is 9.47 Å². The highest BCUT2D eigenvalue weighted by Crippen LogP contribution is 2.34. The molecule has 2 aromatic carbocycles. The van der Waals surface area contributed by atoms with Crippen molar-refractivity contribution >= 4 is 17.3 Å². The summed E-state index contributed by atoms with van der Waals surface area (Å²) in [6, 6.07) is 11.6. The fraction of sp³-hybridized carbons (Fsp3) is 0.316. The molecule has 140 valence electrons. The minimum absolute atomic E-state index is 0.0185. The lowest BCUT2D eigenvalue weighted by Crippen LogP contribution is -2.48. The molecule has 0 radical (unpaired) electrons. The van der Waals surface area contributed by atoms with Crippen LogP contribution < -0.4 is 14.4 Å². The summed E-state index contributed by atoms with van der Waals surface area (Å²) in [5, 5.41) is 10.7. The third-order valence-corrected chi connectivity index (χ3v) is 4.78.